The first-order valence-corrected chi connectivity index (χ1v) is 12.9. The number of carbonyl (C=O) groups excluding carboxylic acids is 3. The van der Waals surface area contributed by atoms with Crippen molar-refractivity contribution in [2.75, 3.05) is 15.1 Å². The third-order valence-electron chi connectivity index (χ3n) is 8.02. The maximum absolute atomic E-state index is 14.1. The zero-order chi connectivity index (χ0) is 27.5. The molecule has 0 spiro atoms. The molecule has 3 amide bonds. The minimum atomic E-state index is -0.974. The highest BCUT2D eigenvalue weighted by Gasteiger charge is 2.64. The number of non-ortho nitro benzene ring substituents is 1. The summed E-state index contributed by atoms with van der Waals surface area (Å²) in [6, 6.07) is 24.8. The molecule has 0 unspecified atom stereocenters. The van der Waals surface area contributed by atoms with Crippen LogP contribution >= 0.6 is 0 Å². The second kappa shape index (κ2) is 8.88. The van der Waals surface area contributed by atoms with Crippen LogP contribution in [0.25, 0.3) is 16.8 Å². The van der Waals surface area contributed by atoms with Crippen LogP contribution in [0.5, 0.6) is 0 Å². The van der Waals surface area contributed by atoms with E-state index < -0.39 is 40.7 Å². The molecule has 0 saturated carbocycles. The van der Waals surface area contributed by atoms with Gasteiger partial charge < -0.3 is 10.2 Å². The fourth-order valence-corrected chi connectivity index (χ4v) is 6.27. The Kier molecular flexibility index (Phi) is 5.28. The van der Waals surface area contributed by atoms with Crippen molar-refractivity contribution in [3.8, 4) is 0 Å². The van der Waals surface area contributed by atoms with Crippen LogP contribution in [-0.4, -0.2) is 34.7 Å². The van der Waals surface area contributed by atoms with E-state index in [1.807, 2.05) is 77.7 Å². The van der Waals surface area contributed by atoms with Crippen molar-refractivity contribution in [2.24, 2.45) is 11.8 Å². The molecule has 3 aliphatic rings. The van der Waals surface area contributed by atoms with E-state index in [9.17, 15) is 24.5 Å². The number of carbonyl (C=O) groups is 3. The van der Waals surface area contributed by atoms with Crippen LogP contribution in [0.3, 0.4) is 0 Å². The molecule has 0 aromatic heterocycles. The minimum absolute atomic E-state index is 0.100. The molecule has 4 aromatic rings. The number of rotatable bonds is 4. The van der Waals surface area contributed by atoms with E-state index in [0.717, 1.165) is 22.0 Å². The molecule has 2 saturated heterocycles. The molecule has 40 heavy (non-hydrogen) atoms. The summed E-state index contributed by atoms with van der Waals surface area (Å²) >= 11 is 0. The van der Waals surface area contributed by atoms with Crippen molar-refractivity contribution < 1.29 is 19.3 Å². The van der Waals surface area contributed by atoms with Gasteiger partial charge in [-0.3, -0.25) is 24.5 Å². The Morgan fingerprint density at radius 2 is 1.52 bits per heavy atom. The molecule has 9 heteroatoms. The number of imide groups is 1. The van der Waals surface area contributed by atoms with Gasteiger partial charge in [0.05, 0.1) is 28.5 Å². The van der Waals surface area contributed by atoms with E-state index in [1.54, 1.807) is 6.07 Å². The van der Waals surface area contributed by atoms with Gasteiger partial charge in [-0.2, -0.15) is 0 Å². The number of hydrogen-bond donors (Lipinski definition) is 1. The van der Waals surface area contributed by atoms with Crippen molar-refractivity contribution in [3.63, 3.8) is 0 Å². The van der Waals surface area contributed by atoms with Crippen LogP contribution in [0.2, 0.25) is 0 Å². The first-order valence-electron chi connectivity index (χ1n) is 12.9. The lowest BCUT2D eigenvalue weighted by atomic mass is 9.88. The number of benzene rings is 4. The number of nitro benzene ring substituents is 1. The maximum atomic E-state index is 14.1. The van der Waals surface area contributed by atoms with E-state index in [2.05, 4.69) is 5.32 Å². The number of amides is 3. The second-order valence-electron chi connectivity index (χ2n) is 10.1. The zero-order valence-electron chi connectivity index (χ0n) is 21.0. The Bertz CT molecular complexity index is 1770. The lowest BCUT2D eigenvalue weighted by Crippen LogP contribution is -2.50. The summed E-state index contributed by atoms with van der Waals surface area (Å²) < 4.78 is 0. The summed E-state index contributed by atoms with van der Waals surface area (Å²) in [7, 11) is 0. The standard InChI is InChI=1S/C31H22N4O5/c36-29(32-21-11-14-22(15-12-21)35(39)40)28-27-26(25-16-10-19-6-3-4-8-24(19)34(25)28)30(37)33(31(27)38)23-13-9-18-5-1-2-7-20(18)17-23/h1-17,25-28H,(H,32,36)/t25-,26+,27+,28-/m0/s1. The molecule has 196 valence electrons. The average Bonchev–Trinajstić information content (AvgIpc) is 3.45. The van der Waals surface area contributed by atoms with Gasteiger partial charge in [0.2, 0.25) is 17.7 Å². The molecule has 7 rings (SSSR count). The number of fused-ring (bicyclic) bond motifs is 6. The zero-order valence-corrected chi connectivity index (χ0v) is 21.0. The Labute approximate surface area is 228 Å². The largest absolute Gasteiger partial charge is 0.351 e. The molecule has 3 aliphatic heterocycles. The Morgan fingerprint density at radius 3 is 2.30 bits per heavy atom. The smallest absolute Gasteiger partial charge is 0.269 e. The normalized spacial score (nSPS) is 22.7. The molecule has 0 aliphatic carbocycles. The number of nitro groups is 1. The van der Waals surface area contributed by atoms with Crippen LogP contribution in [0, 0.1) is 22.0 Å². The van der Waals surface area contributed by atoms with Gasteiger partial charge in [0, 0.05) is 23.5 Å². The van der Waals surface area contributed by atoms with E-state index in [4.69, 9.17) is 0 Å². The molecule has 9 nitrogen and oxygen atoms in total. The molecule has 4 aromatic carbocycles. The van der Waals surface area contributed by atoms with Gasteiger partial charge in [-0.25, -0.2) is 4.90 Å². The molecule has 4 atom stereocenters. The van der Waals surface area contributed by atoms with Crippen LogP contribution in [0.1, 0.15) is 5.56 Å². The fourth-order valence-electron chi connectivity index (χ4n) is 6.27. The van der Waals surface area contributed by atoms with Crippen molar-refractivity contribution in [3.05, 3.63) is 113 Å². The fraction of sp³-hybridized carbons (Fsp3) is 0.129. The lowest BCUT2D eigenvalue weighted by molar-refractivity contribution is -0.384. The van der Waals surface area contributed by atoms with Gasteiger partial charge in [-0.15, -0.1) is 0 Å². The minimum Gasteiger partial charge on any atom is -0.351 e. The van der Waals surface area contributed by atoms with Crippen molar-refractivity contribution in [2.45, 2.75) is 12.1 Å². The molecular formula is C31H22N4O5. The van der Waals surface area contributed by atoms with Crippen molar-refractivity contribution in [1.82, 2.24) is 0 Å². The number of nitrogens with one attached hydrogen (secondary N) is 1. The number of anilines is 3. The Hall–Kier alpha value is -5.31. The van der Waals surface area contributed by atoms with E-state index in [-0.39, 0.29) is 11.6 Å². The highest BCUT2D eigenvalue weighted by Crippen LogP contribution is 2.49. The highest BCUT2D eigenvalue weighted by atomic mass is 16.6. The Morgan fingerprint density at radius 1 is 0.825 bits per heavy atom. The van der Waals surface area contributed by atoms with E-state index in [1.165, 1.54) is 29.2 Å². The average molecular weight is 531 g/mol. The summed E-state index contributed by atoms with van der Waals surface area (Å²) in [4.78, 5) is 55.6. The van der Waals surface area contributed by atoms with Gasteiger partial charge in [0.25, 0.3) is 5.69 Å². The monoisotopic (exact) mass is 530 g/mol. The first-order chi connectivity index (χ1) is 19.4. The van der Waals surface area contributed by atoms with Crippen LogP contribution < -0.4 is 15.1 Å². The molecule has 0 radical (unpaired) electrons. The molecule has 1 N–H and O–H groups in total. The van der Waals surface area contributed by atoms with E-state index in [0.29, 0.717) is 11.4 Å². The molecular weight excluding hydrogens is 508 g/mol. The van der Waals surface area contributed by atoms with Crippen LogP contribution in [0.4, 0.5) is 22.7 Å². The van der Waals surface area contributed by atoms with Gasteiger partial charge in [-0.05, 0) is 46.7 Å². The van der Waals surface area contributed by atoms with Gasteiger partial charge >= 0.3 is 0 Å². The number of hydrogen-bond acceptors (Lipinski definition) is 6. The van der Waals surface area contributed by atoms with Crippen molar-refractivity contribution in [1.29, 1.82) is 0 Å². The van der Waals surface area contributed by atoms with E-state index >= 15 is 0 Å². The summed E-state index contributed by atoms with van der Waals surface area (Å²) in [6.45, 7) is 0. The van der Waals surface area contributed by atoms with Crippen LogP contribution in [0.15, 0.2) is 97.1 Å². The number of nitrogens with zero attached hydrogens (tertiary/aromatic N) is 3. The quantitative estimate of drug-likeness (QED) is 0.231. The van der Waals surface area contributed by atoms with Crippen molar-refractivity contribution >= 4 is 57.3 Å². The third kappa shape index (κ3) is 3.51. The lowest BCUT2D eigenvalue weighted by Gasteiger charge is -2.36. The summed E-state index contributed by atoms with van der Waals surface area (Å²) in [5.74, 6) is -2.89. The SMILES string of the molecule is O=C(Nc1ccc([N+](=O)[O-])cc1)[C@@H]1[C@@H]2C(=O)N(c3ccc4ccccc4c3)C(=O)[C@@H]2[C@@H]2C=Cc3ccccc3N12. The first kappa shape index (κ1) is 23.8. The van der Waals surface area contributed by atoms with Gasteiger partial charge in [0.1, 0.15) is 6.04 Å². The highest BCUT2D eigenvalue weighted by molar-refractivity contribution is 6.25. The third-order valence-corrected chi connectivity index (χ3v) is 8.02. The molecule has 3 heterocycles. The van der Waals surface area contributed by atoms with Gasteiger partial charge in [-0.1, -0.05) is 60.7 Å². The number of para-hydroxylation sites is 1. The predicted octanol–water partition coefficient (Wildman–Crippen LogP) is 4.78. The maximum Gasteiger partial charge on any atom is 0.269 e. The summed E-state index contributed by atoms with van der Waals surface area (Å²) in [5, 5.41) is 15.8. The summed E-state index contributed by atoms with van der Waals surface area (Å²) in [5.41, 5.74) is 2.39. The molecule has 0 bridgehead atoms. The second-order valence-corrected chi connectivity index (χ2v) is 10.1. The molecule has 2 fully saturated rings. The summed E-state index contributed by atoms with van der Waals surface area (Å²) in [6.07, 6.45) is 3.83. The topological polar surface area (TPSA) is 113 Å². The van der Waals surface area contributed by atoms with Crippen LogP contribution in [-0.2, 0) is 14.4 Å². The van der Waals surface area contributed by atoms with Gasteiger partial charge in [0.15, 0.2) is 0 Å². The Balaban J connectivity index is 1.29. The predicted molar refractivity (Wildman–Crippen MR) is 151 cm³/mol.